The van der Waals surface area contributed by atoms with E-state index in [2.05, 4.69) is 10.3 Å². The maximum absolute atomic E-state index is 11.3. The number of primary amides is 1. The quantitative estimate of drug-likeness (QED) is 0.780. The van der Waals surface area contributed by atoms with Crippen LogP contribution in [0.4, 0.5) is 0 Å². The minimum absolute atomic E-state index is 0.452. The summed E-state index contributed by atoms with van der Waals surface area (Å²) in [6, 6.07) is 8.65. The van der Waals surface area contributed by atoms with E-state index in [0.717, 1.165) is 5.56 Å². The number of carbonyl (C=O) groups excluding carboxylic acids is 1. The highest BCUT2D eigenvalue weighted by Gasteiger charge is 2.19. The summed E-state index contributed by atoms with van der Waals surface area (Å²) in [7, 11) is 0. The van der Waals surface area contributed by atoms with Crippen molar-refractivity contribution in [3.8, 4) is 0 Å². The van der Waals surface area contributed by atoms with Gasteiger partial charge in [0.05, 0.1) is 6.20 Å². The minimum Gasteiger partial charge on any atom is -0.368 e. The van der Waals surface area contributed by atoms with Gasteiger partial charge in [-0.25, -0.2) is 4.68 Å². The maximum atomic E-state index is 11.3. The van der Waals surface area contributed by atoms with Gasteiger partial charge in [0.15, 0.2) is 6.04 Å². The van der Waals surface area contributed by atoms with E-state index < -0.39 is 11.9 Å². The SMILES string of the molecule is NC(=O)C(c1ccccc1)n1ccnn1. The summed E-state index contributed by atoms with van der Waals surface area (Å²) < 4.78 is 1.44. The summed E-state index contributed by atoms with van der Waals surface area (Å²) in [6.45, 7) is 0. The van der Waals surface area contributed by atoms with Gasteiger partial charge in [0, 0.05) is 6.20 Å². The van der Waals surface area contributed by atoms with E-state index in [1.807, 2.05) is 30.3 Å². The highest BCUT2D eigenvalue weighted by Crippen LogP contribution is 2.15. The predicted octanol–water partition coefficient (Wildman–Crippen LogP) is 0.353. The van der Waals surface area contributed by atoms with E-state index in [9.17, 15) is 4.79 Å². The third-order valence-electron chi connectivity index (χ3n) is 2.09. The topological polar surface area (TPSA) is 73.8 Å². The molecule has 1 amide bonds. The summed E-state index contributed by atoms with van der Waals surface area (Å²) in [5.74, 6) is -0.452. The first kappa shape index (κ1) is 9.39. The van der Waals surface area contributed by atoms with Crippen molar-refractivity contribution in [2.45, 2.75) is 6.04 Å². The lowest BCUT2D eigenvalue weighted by Gasteiger charge is -2.12. The summed E-state index contributed by atoms with van der Waals surface area (Å²) >= 11 is 0. The van der Waals surface area contributed by atoms with Crippen molar-refractivity contribution in [2.75, 3.05) is 0 Å². The van der Waals surface area contributed by atoms with Crippen LogP contribution in [-0.2, 0) is 4.79 Å². The molecule has 0 aliphatic rings. The van der Waals surface area contributed by atoms with Crippen LogP contribution in [0.5, 0.6) is 0 Å². The van der Waals surface area contributed by atoms with E-state index in [0.29, 0.717) is 0 Å². The zero-order chi connectivity index (χ0) is 10.7. The normalized spacial score (nSPS) is 12.3. The first-order valence-electron chi connectivity index (χ1n) is 4.49. The molecule has 1 unspecified atom stereocenters. The molecule has 15 heavy (non-hydrogen) atoms. The Bertz CT molecular complexity index is 438. The molecular formula is C10H10N4O. The van der Waals surface area contributed by atoms with Gasteiger partial charge in [0.25, 0.3) is 0 Å². The molecule has 1 aromatic carbocycles. The third kappa shape index (κ3) is 1.85. The van der Waals surface area contributed by atoms with Crippen molar-refractivity contribution in [2.24, 2.45) is 5.73 Å². The molecule has 0 spiro atoms. The summed E-state index contributed by atoms with van der Waals surface area (Å²) in [6.07, 6.45) is 3.13. The largest absolute Gasteiger partial charge is 0.368 e. The Morgan fingerprint density at radius 2 is 2.07 bits per heavy atom. The Balaban J connectivity index is 2.42. The maximum Gasteiger partial charge on any atom is 0.246 e. The van der Waals surface area contributed by atoms with Gasteiger partial charge in [-0.1, -0.05) is 35.5 Å². The van der Waals surface area contributed by atoms with E-state index >= 15 is 0 Å². The second-order valence-corrected chi connectivity index (χ2v) is 3.10. The van der Waals surface area contributed by atoms with E-state index in [-0.39, 0.29) is 0 Å². The highest BCUT2D eigenvalue weighted by molar-refractivity contribution is 5.81. The Kier molecular flexibility index (Phi) is 2.45. The fourth-order valence-electron chi connectivity index (χ4n) is 1.44. The Morgan fingerprint density at radius 1 is 1.33 bits per heavy atom. The number of aromatic nitrogens is 3. The lowest BCUT2D eigenvalue weighted by molar-refractivity contribution is -0.120. The fraction of sp³-hybridized carbons (Fsp3) is 0.100. The zero-order valence-electron chi connectivity index (χ0n) is 7.95. The molecule has 1 aromatic heterocycles. The molecule has 2 rings (SSSR count). The molecule has 0 saturated carbocycles. The van der Waals surface area contributed by atoms with Crippen molar-refractivity contribution >= 4 is 5.91 Å². The molecule has 1 atom stereocenters. The number of nitrogens with two attached hydrogens (primary N) is 1. The van der Waals surface area contributed by atoms with Crippen molar-refractivity contribution in [3.63, 3.8) is 0 Å². The molecule has 0 fully saturated rings. The van der Waals surface area contributed by atoms with Gasteiger partial charge in [-0.2, -0.15) is 0 Å². The average Bonchev–Trinajstić information content (AvgIpc) is 2.72. The number of carbonyl (C=O) groups is 1. The molecule has 2 N–H and O–H groups in total. The van der Waals surface area contributed by atoms with Gasteiger partial charge in [-0.05, 0) is 5.56 Å². The van der Waals surface area contributed by atoms with Crippen LogP contribution < -0.4 is 5.73 Å². The second kappa shape index (κ2) is 3.91. The molecular weight excluding hydrogens is 192 g/mol. The van der Waals surface area contributed by atoms with Gasteiger partial charge < -0.3 is 5.73 Å². The number of rotatable bonds is 3. The standard InChI is InChI=1S/C10H10N4O/c11-10(15)9(14-7-6-12-13-14)8-4-2-1-3-5-8/h1-7,9H,(H2,11,15). The smallest absolute Gasteiger partial charge is 0.246 e. The Morgan fingerprint density at radius 3 is 2.60 bits per heavy atom. The highest BCUT2D eigenvalue weighted by atomic mass is 16.1. The van der Waals surface area contributed by atoms with Crippen LogP contribution >= 0.6 is 0 Å². The summed E-state index contributed by atoms with van der Waals surface area (Å²) in [4.78, 5) is 11.3. The first-order valence-corrected chi connectivity index (χ1v) is 4.49. The summed E-state index contributed by atoms with van der Waals surface area (Å²) in [5, 5.41) is 7.44. The third-order valence-corrected chi connectivity index (χ3v) is 2.09. The molecule has 0 bridgehead atoms. The molecule has 1 heterocycles. The first-order chi connectivity index (χ1) is 7.29. The van der Waals surface area contributed by atoms with Crippen LogP contribution in [0.3, 0.4) is 0 Å². The monoisotopic (exact) mass is 202 g/mol. The molecule has 0 radical (unpaired) electrons. The van der Waals surface area contributed by atoms with Gasteiger partial charge in [-0.3, -0.25) is 4.79 Å². The number of hydrogen-bond acceptors (Lipinski definition) is 3. The molecule has 76 valence electrons. The average molecular weight is 202 g/mol. The van der Waals surface area contributed by atoms with Crippen LogP contribution in [0.1, 0.15) is 11.6 Å². The minimum atomic E-state index is -0.589. The summed E-state index contributed by atoms with van der Waals surface area (Å²) in [5.41, 5.74) is 6.13. The zero-order valence-corrected chi connectivity index (χ0v) is 7.95. The fourth-order valence-corrected chi connectivity index (χ4v) is 1.44. The van der Waals surface area contributed by atoms with E-state index in [1.54, 1.807) is 6.20 Å². The number of nitrogens with zero attached hydrogens (tertiary/aromatic N) is 3. The van der Waals surface area contributed by atoms with Crippen molar-refractivity contribution in [3.05, 3.63) is 48.3 Å². The lowest BCUT2D eigenvalue weighted by Crippen LogP contribution is -2.27. The van der Waals surface area contributed by atoms with E-state index in [1.165, 1.54) is 10.9 Å². The van der Waals surface area contributed by atoms with Crippen LogP contribution in [-0.4, -0.2) is 20.9 Å². The van der Waals surface area contributed by atoms with Crippen LogP contribution in [0.15, 0.2) is 42.7 Å². The Labute approximate surface area is 86.5 Å². The van der Waals surface area contributed by atoms with Gasteiger partial charge in [-0.15, -0.1) is 5.10 Å². The molecule has 5 nitrogen and oxygen atoms in total. The molecule has 2 aromatic rings. The molecule has 0 saturated heterocycles. The van der Waals surface area contributed by atoms with Gasteiger partial charge in [0.2, 0.25) is 5.91 Å². The molecule has 0 aliphatic carbocycles. The van der Waals surface area contributed by atoms with Gasteiger partial charge in [0.1, 0.15) is 0 Å². The molecule has 5 heteroatoms. The molecule has 0 aliphatic heterocycles. The van der Waals surface area contributed by atoms with Crippen molar-refractivity contribution in [1.82, 2.24) is 15.0 Å². The predicted molar refractivity (Wildman–Crippen MR) is 53.8 cm³/mol. The van der Waals surface area contributed by atoms with Crippen molar-refractivity contribution in [1.29, 1.82) is 0 Å². The number of benzene rings is 1. The number of amides is 1. The van der Waals surface area contributed by atoms with Crippen LogP contribution in [0.2, 0.25) is 0 Å². The lowest BCUT2D eigenvalue weighted by atomic mass is 10.1. The van der Waals surface area contributed by atoms with Gasteiger partial charge >= 0.3 is 0 Å². The van der Waals surface area contributed by atoms with Crippen LogP contribution in [0, 0.1) is 0 Å². The van der Waals surface area contributed by atoms with E-state index in [4.69, 9.17) is 5.73 Å². The number of hydrogen-bond donors (Lipinski definition) is 1. The Hall–Kier alpha value is -2.17. The second-order valence-electron chi connectivity index (χ2n) is 3.10. The van der Waals surface area contributed by atoms with Crippen LogP contribution in [0.25, 0.3) is 0 Å². The van der Waals surface area contributed by atoms with Crippen molar-refractivity contribution < 1.29 is 4.79 Å².